The van der Waals surface area contributed by atoms with Crippen molar-refractivity contribution in [3.63, 3.8) is 0 Å². The van der Waals surface area contributed by atoms with Crippen molar-refractivity contribution in [2.75, 3.05) is 45.9 Å². The fourth-order valence-corrected chi connectivity index (χ4v) is 5.98. The van der Waals surface area contributed by atoms with Gasteiger partial charge in [0.2, 0.25) is 0 Å². The number of hydrogen-bond acceptors (Lipinski definition) is 9. The van der Waals surface area contributed by atoms with Crippen molar-refractivity contribution in [2.24, 2.45) is 5.10 Å². The number of nitro benzene ring substituents is 1. The molecule has 0 N–H and O–H groups in total. The Hall–Kier alpha value is -3.45. The van der Waals surface area contributed by atoms with Crippen LogP contribution in [0, 0.1) is 10.1 Å². The van der Waals surface area contributed by atoms with Gasteiger partial charge in [0.25, 0.3) is 17.5 Å². The molecule has 2 aromatic heterocycles. The number of hydrazone groups is 1. The van der Waals surface area contributed by atoms with E-state index in [-0.39, 0.29) is 24.0 Å². The molecule has 0 bridgehead atoms. The molecule has 2 aliphatic heterocycles. The number of morpholine rings is 1. The normalized spacial score (nSPS) is 17.8. The van der Waals surface area contributed by atoms with Gasteiger partial charge in [0.05, 0.1) is 39.6 Å². The van der Waals surface area contributed by atoms with Crippen LogP contribution in [-0.2, 0) is 9.53 Å². The molecule has 2 aliphatic rings. The maximum atomic E-state index is 13.8. The van der Waals surface area contributed by atoms with E-state index in [1.165, 1.54) is 39.8 Å². The number of rotatable bonds is 9. The molecule has 4 heterocycles. The molecule has 1 saturated heterocycles. The monoisotopic (exact) mass is 553 g/mol. The second-order valence-electron chi connectivity index (χ2n) is 8.99. The highest BCUT2D eigenvalue weighted by Crippen LogP contribution is 2.35. The zero-order valence-corrected chi connectivity index (χ0v) is 22.2. The highest BCUT2D eigenvalue weighted by Gasteiger charge is 2.35. The van der Waals surface area contributed by atoms with E-state index in [0.717, 1.165) is 23.7 Å². The van der Waals surface area contributed by atoms with E-state index in [4.69, 9.17) is 4.74 Å². The maximum absolute atomic E-state index is 13.8. The summed E-state index contributed by atoms with van der Waals surface area (Å²) >= 11 is 2.87. The van der Waals surface area contributed by atoms with E-state index in [1.807, 2.05) is 29.0 Å². The third kappa shape index (κ3) is 5.99. The molecule has 38 heavy (non-hydrogen) atoms. The van der Waals surface area contributed by atoms with E-state index in [2.05, 4.69) is 10.0 Å². The minimum absolute atomic E-state index is 0.0421. The van der Waals surface area contributed by atoms with Crippen LogP contribution in [0.15, 0.2) is 64.4 Å². The van der Waals surface area contributed by atoms with Gasteiger partial charge in [-0.1, -0.05) is 24.3 Å². The number of benzene rings is 1. The van der Waals surface area contributed by atoms with Gasteiger partial charge in [-0.3, -0.25) is 24.6 Å². The lowest BCUT2D eigenvalue weighted by Crippen LogP contribution is -2.46. The first-order chi connectivity index (χ1) is 18.5. The van der Waals surface area contributed by atoms with Crippen LogP contribution < -0.4 is 0 Å². The van der Waals surface area contributed by atoms with Crippen molar-refractivity contribution in [1.29, 1.82) is 0 Å². The lowest BCUT2D eigenvalue weighted by molar-refractivity contribution is -0.385. The molecule has 0 unspecified atom stereocenters. The van der Waals surface area contributed by atoms with Crippen molar-refractivity contribution < 1.29 is 19.2 Å². The molecular weight excluding hydrogens is 526 g/mol. The number of nitrogens with zero attached hydrogens (tertiary/aromatic N) is 5. The summed E-state index contributed by atoms with van der Waals surface area (Å²) in [5, 5.41) is 21.3. The van der Waals surface area contributed by atoms with Gasteiger partial charge in [0.1, 0.15) is 6.54 Å². The molecule has 10 nitrogen and oxygen atoms in total. The third-order valence-corrected chi connectivity index (χ3v) is 8.35. The Kier molecular flexibility index (Phi) is 8.23. The highest BCUT2D eigenvalue weighted by molar-refractivity contribution is 7.12. The van der Waals surface area contributed by atoms with Crippen molar-refractivity contribution in [3.8, 4) is 0 Å². The lowest BCUT2D eigenvalue weighted by atomic mass is 10.0. The molecule has 0 spiro atoms. The van der Waals surface area contributed by atoms with Crippen LogP contribution >= 0.6 is 22.7 Å². The van der Waals surface area contributed by atoms with Crippen LogP contribution in [0.2, 0.25) is 0 Å². The van der Waals surface area contributed by atoms with Gasteiger partial charge in [-0.2, -0.15) is 5.10 Å². The smallest absolute Gasteiger partial charge is 0.269 e. The predicted octanol–water partition coefficient (Wildman–Crippen LogP) is 3.87. The second-order valence-corrected chi connectivity index (χ2v) is 10.9. The summed E-state index contributed by atoms with van der Waals surface area (Å²) in [6.45, 7) is 3.74. The Morgan fingerprint density at radius 1 is 1.11 bits per heavy atom. The standard InChI is InChI=1S/C26H27N5O5S2/c32-25(18-29(26(33)24-7-3-15-38-24)9-8-28-10-12-36-13-11-28)30-22(17-21(27-30)23-6-2-14-37-23)19-4-1-5-20(16-19)31(34)35/h1-7,14-16,22H,8-13,17-18H2/t22-/m0/s1. The van der Waals surface area contributed by atoms with Gasteiger partial charge in [-0.25, -0.2) is 5.01 Å². The fraction of sp³-hybridized carbons (Fsp3) is 0.346. The van der Waals surface area contributed by atoms with E-state index in [9.17, 15) is 19.7 Å². The summed E-state index contributed by atoms with van der Waals surface area (Å²) in [7, 11) is 0. The molecule has 0 saturated carbocycles. The number of ether oxygens (including phenoxy) is 1. The number of hydrogen-bond donors (Lipinski definition) is 0. The molecule has 0 radical (unpaired) electrons. The van der Waals surface area contributed by atoms with E-state index in [1.54, 1.807) is 23.1 Å². The van der Waals surface area contributed by atoms with E-state index >= 15 is 0 Å². The average molecular weight is 554 g/mol. The van der Waals surface area contributed by atoms with Gasteiger partial charge in [-0.05, 0) is 28.5 Å². The number of non-ortho nitro benzene ring substituents is 1. The molecular formula is C26H27N5O5S2. The average Bonchev–Trinajstić information content (AvgIpc) is 3.73. The highest BCUT2D eigenvalue weighted by atomic mass is 32.1. The minimum atomic E-state index is -0.502. The predicted molar refractivity (Wildman–Crippen MR) is 146 cm³/mol. The number of amides is 2. The number of thiophene rings is 2. The summed E-state index contributed by atoms with van der Waals surface area (Å²) in [4.78, 5) is 43.4. The molecule has 12 heteroatoms. The molecule has 0 aliphatic carbocycles. The maximum Gasteiger partial charge on any atom is 0.269 e. The van der Waals surface area contributed by atoms with Crippen molar-refractivity contribution in [3.05, 3.63) is 84.7 Å². The Morgan fingerprint density at radius 2 is 1.89 bits per heavy atom. The largest absolute Gasteiger partial charge is 0.379 e. The van der Waals surface area contributed by atoms with Gasteiger partial charge in [0, 0.05) is 44.7 Å². The van der Waals surface area contributed by atoms with Crippen LogP contribution in [0.1, 0.15) is 32.6 Å². The van der Waals surface area contributed by atoms with Crippen molar-refractivity contribution in [2.45, 2.75) is 12.5 Å². The quantitative estimate of drug-likeness (QED) is 0.294. The Labute approximate surface area is 227 Å². The van der Waals surface area contributed by atoms with E-state index < -0.39 is 11.0 Å². The molecule has 1 atom stereocenters. The fourth-order valence-electron chi connectivity index (χ4n) is 4.57. The second kappa shape index (κ2) is 11.9. The Balaban J connectivity index is 1.39. The molecule has 5 rings (SSSR count). The lowest BCUT2D eigenvalue weighted by Gasteiger charge is -2.31. The summed E-state index contributed by atoms with van der Waals surface area (Å²) in [5.41, 5.74) is 1.33. The zero-order valence-electron chi connectivity index (χ0n) is 20.6. The van der Waals surface area contributed by atoms with Crippen molar-refractivity contribution >= 4 is 45.9 Å². The number of carbonyl (C=O) groups is 2. The summed E-state index contributed by atoms with van der Waals surface area (Å²) in [6, 6.07) is 13.2. The molecule has 198 valence electrons. The van der Waals surface area contributed by atoms with Gasteiger partial charge >= 0.3 is 0 Å². The van der Waals surface area contributed by atoms with Gasteiger partial charge < -0.3 is 9.64 Å². The SMILES string of the molecule is O=C(c1cccs1)N(CCN1CCOCC1)CC(=O)N1N=C(c2cccs2)C[C@H]1c1cccc([N+](=O)[O-])c1. The third-order valence-electron chi connectivity index (χ3n) is 6.57. The van der Waals surface area contributed by atoms with Crippen LogP contribution in [0.5, 0.6) is 0 Å². The Bertz CT molecular complexity index is 1310. The number of carbonyl (C=O) groups excluding carboxylic acids is 2. The Morgan fingerprint density at radius 3 is 2.61 bits per heavy atom. The van der Waals surface area contributed by atoms with E-state index in [0.29, 0.717) is 43.2 Å². The first-order valence-electron chi connectivity index (χ1n) is 12.3. The first-order valence-corrected chi connectivity index (χ1v) is 14.1. The summed E-state index contributed by atoms with van der Waals surface area (Å²) in [5.74, 6) is -0.532. The molecule has 3 aromatic rings. The van der Waals surface area contributed by atoms with Crippen LogP contribution in [-0.4, -0.2) is 83.2 Å². The molecule has 2 amide bonds. The van der Waals surface area contributed by atoms with Gasteiger partial charge in [-0.15, -0.1) is 22.7 Å². The number of nitro groups is 1. The summed E-state index contributed by atoms with van der Waals surface area (Å²) < 4.78 is 5.43. The van der Waals surface area contributed by atoms with Gasteiger partial charge in [0.15, 0.2) is 0 Å². The zero-order chi connectivity index (χ0) is 26.5. The summed E-state index contributed by atoms with van der Waals surface area (Å²) in [6.07, 6.45) is 0.431. The molecule has 1 aromatic carbocycles. The van der Waals surface area contributed by atoms with Crippen molar-refractivity contribution in [1.82, 2.24) is 14.8 Å². The van der Waals surface area contributed by atoms with Crippen LogP contribution in [0.3, 0.4) is 0 Å². The topological polar surface area (TPSA) is 109 Å². The molecule has 1 fully saturated rings. The first kappa shape index (κ1) is 26.2. The van der Waals surface area contributed by atoms with Crippen LogP contribution in [0.25, 0.3) is 0 Å². The minimum Gasteiger partial charge on any atom is -0.379 e. The van der Waals surface area contributed by atoms with Crippen LogP contribution in [0.4, 0.5) is 5.69 Å².